The van der Waals surface area contributed by atoms with Gasteiger partial charge < -0.3 is 4.74 Å². The number of nitrogens with zero attached hydrogens (tertiary/aromatic N) is 1. The highest BCUT2D eigenvalue weighted by atomic mass is 35.5. The van der Waals surface area contributed by atoms with Crippen molar-refractivity contribution in [3.05, 3.63) is 58.6 Å². The molecule has 0 fully saturated rings. The fourth-order valence-corrected chi connectivity index (χ4v) is 3.38. The topological polar surface area (TPSA) is 63.7 Å². The summed E-state index contributed by atoms with van der Waals surface area (Å²) in [6.45, 7) is 3.23. The molecule has 0 aliphatic heterocycles. The summed E-state index contributed by atoms with van der Waals surface area (Å²) in [5.41, 5.74) is 1.65. The Morgan fingerprint density at radius 3 is 2.33 bits per heavy atom. The lowest BCUT2D eigenvalue weighted by molar-refractivity contribution is -0.134. The summed E-state index contributed by atoms with van der Waals surface area (Å²) in [6.07, 6.45) is 0. The number of likely N-dealkylation sites (N-methyl/N-ethyl adjacent to an activating group) is 1. The van der Waals surface area contributed by atoms with Gasteiger partial charge >= 0.3 is 5.97 Å². The van der Waals surface area contributed by atoms with Gasteiger partial charge in [0.1, 0.15) is 12.3 Å². The van der Waals surface area contributed by atoms with Crippen molar-refractivity contribution >= 4 is 27.6 Å². The van der Waals surface area contributed by atoms with Crippen molar-refractivity contribution in [2.75, 3.05) is 13.6 Å². The lowest BCUT2D eigenvalue weighted by atomic mass is 10.2. The molecule has 0 bridgehead atoms. The average molecular weight is 368 g/mol. The van der Waals surface area contributed by atoms with Gasteiger partial charge in [-0.05, 0) is 49.7 Å². The first kappa shape index (κ1) is 18.4. The third-order valence-electron chi connectivity index (χ3n) is 3.44. The van der Waals surface area contributed by atoms with E-state index < -0.39 is 22.5 Å². The number of ether oxygens (including phenoxy) is 1. The number of sulfonamides is 1. The molecule has 0 N–H and O–H groups in total. The molecule has 0 amide bonds. The van der Waals surface area contributed by atoms with Gasteiger partial charge in [-0.1, -0.05) is 29.3 Å². The summed E-state index contributed by atoms with van der Waals surface area (Å²) < 4.78 is 31.1. The first-order valence-electron chi connectivity index (χ1n) is 7.20. The van der Waals surface area contributed by atoms with Crippen LogP contribution in [0.15, 0.2) is 47.4 Å². The first-order chi connectivity index (χ1) is 11.2. The second-order valence-electron chi connectivity index (χ2n) is 5.46. The van der Waals surface area contributed by atoms with Crippen LogP contribution in [0.25, 0.3) is 0 Å². The number of rotatable bonds is 5. The molecule has 2 rings (SSSR count). The smallest absolute Gasteiger partial charge is 0.326 e. The van der Waals surface area contributed by atoms with E-state index >= 15 is 0 Å². The van der Waals surface area contributed by atoms with E-state index in [0.717, 1.165) is 9.87 Å². The van der Waals surface area contributed by atoms with Crippen LogP contribution in [-0.4, -0.2) is 32.3 Å². The SMILES string of the molecule is Cc1ccc(S(=O)(=O)N(C)CC(=O)Oc2ccc(Cl)cc2C)cc1. The van der Waals surface area contributed by atoms with E-state index in [1.165, 1.54) is 19.2 Å². The minimum Gasteiger partial charge on any atom is -0.425 e. The van der Waals surface area contributed by atoms with Gasteiger partial charge in [0, 0.05) is 12.1 Å². The Hall–Kier alpha value is -1.89. The number of hydrogen-bond donors (Lipinski definition) is 0. The highest BCUT2D eigenvalue weighted by Gasteiger charge is 2.23. The zero-order valence-electron chi connectivity index (χ0n) is 13.6. The lowest BCUT2D eigenvalue weighted by Gasteiger charge is -2.17. The maximum absolute atomic E-state index is 12.4. The van der Waals surface area contributed by atoms with E-state index in [0.29, 0.717) is 16.3 Å². The summed E-state index contributed by atoms with van der Waals surface area (Å²) in [5.74, 6) is -0.316. The summed E-state index contributed by atoms with van der Waals surface area (Å²) in [4.78, 5) is 12.2. The lowest BCUT2D eigenvalue weighted by Crippen LogP contribution is -2.34. The molecule has 0 aliphatic carbocycles. The first-order valence-corrected chi connectivity index (χ1v) is 9.02. The number of esters is 1. The summed E-state index contributed by atoms with van der Waals surface area (Å²) in [7, 11) is -2.41. The molecule has 24 heavy (non-hydrogen) atoms. The predicted octanol–water partition coefficient (Wildman–Crippen LogP) is 3.18. The standard InChI is InChI=1S/C17H18ClNO4S/c1-12-4-7-15(8-5-12)24(21,22)19(3)11-17(20)23-16-9-6-14(18)10-13(16)2/h4-10H,11H2,1-3H3. The Balaban J connectivity index is 2.09. The molecule has 0 spiro atoms. The molecule has 2 aromatic rings. The second-order valence-corrected chi connectivity index (χ2v) is 7.94. The monoisotopic (exact) mass is 367 g/mol. The minimum absolute atomic E-state index is 0.131. The number of aryl methyl sites for hydroxylation is 2. The van der Waals surface area contributed by atoms with Gasteiger partial charge in [-0.25, -0.2) is 8.42 Å². The van der Waals surface area contributed by atoms with Gasteiger partial charge in [0.05, 0.1) is 4.90 Å². The third-order valence-corrected chi connectivity index (χ3v) is 5.49. The predicted molar refractivity (Wildman–Crippen MR) is 92.8 cm³/mol. The van der Waals surface area contributed by atoms with Crippen molar-refractivity contribution in [2.45, 2.75) is 18.7 Å². The summed E-state index contributed by atoms with van der Waals surface area (Å²) in [5, 5.41) is 0.534. The van der Waals surface area contributed by atoms with Crippen LogP contribution < -0.4 is 4.74 Å². The molecular formula is C17H18ClNO4S. The van der Waals surface area contributed by atoms with Gasteiger partial charge in [0.25, 0.3) is 0 Å². The molecule has 0 radical (unpaired) electrons. The molecule has 2 aromatic carbocycles. The maximum atomic E-state index is 12.4. The summed E-state index contributed by atoms with van der Waals surface area (Å²) in [6, 6.07) is 11.3. The van der Waals surface area contributed by atoms with Crippen LogP contribution in [0, 0.1) is 13.8 Å². The molecule has 0 unspecified atom stereocenters. The van der Waals surface area contributed by atoms with Crippen LogP contribution in [0.5, 0.6) is 5.75 Å². The Labute approximate surface area is 146 Å². The fourth-order valence-electron chi connectivity index (χ4n) is 2.04. The number of benzene rings is 2. The average Bonchev–Trinajstić information content (AvgIpc) is 2.50. The van der Waals surface area contributed by atoms with Crippen LogP contribution in [-0.2, 0) is 14.8 Å². The Morgan fingerprint density at radius 1 is 1.12 bits per heavy atom. The maximum Gasteiger partial charge on any atom is 0.326 e. The quantitative estimate of drug-likeness (QED) is 0.601. The molecule has 0 aromatic heterocycles. The molecule has 0 saturated carbocycles. The van der Waals surface area contributed by atoms with Crippen LogP contribution >= 0.6 is 11.6 Å². The van der Waals surface area contributed by atoms with E-state index in [1.54, 1.807) is 37.3 Å². The number of carbonyl (C=O) groups excluding carboxylic acids is 1. The second kappa shape index (κ2) is 7.34. The summed E-state index contributed by atoms with van der Waals surface area (Å²) >= 11 is 5.85. The zero-order chi connectivity index (χ0) is 17.9. The number of carbonyl (C=O) groups is 1. The molecule has 128 valence electrons. The molecular weight excluding hydrogens is 350 g/mol. The van der Waals surface area contributed by atoms with Crippen LogP contribution in [0.3, 0.4) is 0 Å². The van der Waals surface area contributed by atoms with Crippen molar-refractivity contribution in [1.29, 1.82) is 0 Å². The van der Waals surface area contributed by atoms with E-state index in [1.807, 2.05) is 6.92 Å². The van der Waals surface area contributed by atoms with Crippen molar-refractivity contribution in [2.24, 2.45) is 0 Å². The highest BCUT2D eigenvalue weighted by molar-refractivity contribution is 7.89. The van der Waals surface area contributed by atoms with Crippen LogP contribution in [0.1, 0.15) is 11.1 Å². The van der Waals surface area contributed by atoms with E-state index in [4.69, 9.17) is 16.3 Å². The van der Waals surface area contributed by atoms with Crippen LogP contribution in [0.2, 0.25) is 5.02 Å². The van der Waals surface area contributed by atoms with Crippen molar-refractivity contribution in [1.82, 2.24) is 4.31 Å². The van der Waals surface area contributed by atoms with Crippen molar-refractivity contribution < 1.29 is 17.9 Å². The minimum atomic E-state index is -3.75. The van der Waals surface area contributed by atoms with E-state index in [9.17, 15) is 13.2 Å². The normalized spacial score (nSPS) is 11.5. The van der Waals surface area contributed by atoms with Gasteiger partial charge in [-0.15, -0.1) is 0 Å². The van der Waals surface area contributed by atoms with E-state index in [2.05, 4.69) is 0 Å². The van der Waals surface area contributed by atoms with Gasteiger partial charge in [-0.3, -0.25) is 4.79 Å². The van der Waals surface area contributed by atoms with Crippen molar-refractivity contribution in [3.8, 4) is 5.75 Å². The van der Waals surface area contributed by atoms with Gasteiger partial charge in [-0.2, -0.15) is 4.31 Å². The molecule has 7 heteroatoms. The molecule has 0 aliphatic rings. The molecule has 5 nitrogen and oxygen atoms in total. The Bertz CT molecular complexity index is 847. The number of halogens is 1. The van der Waals surface area contributed by atoms with Gasteiger partial charge in [0.15, 0.2) is 0 Å². The van der Waals surface area contributed by atoms with E-state index in [-0.39, 0.29) is 4.90 Å². The van der Waals surface area contributed by atoms with Gasteiger partial charge in [0.2, 0.25) is 10.0 Å². The van der Waals surface area contributed by atoms with Crippen molar-refractivity contribution in [3.63, 3.8) is 0 Å². The highest BCUT2D eigenvalue weighted by Crippen LogP contribution is 2.22. The zero-order valence-corrected chi connectivity index (χ0v) is 15.2. The van der Waals surface area contributed by atoms with Crippen LogP contribution in [0.4, 0.5) is 0 Å². The largest absolute Gasteiger partial charge is 0.425 e. The Morgan fingerprint density at radius 2 is 1.75 bits per heavy atom. The third kappa shape index (κ3) is 4.35. The fraction of sp³-hybridized carbons (Fsp3) is 0.235. The Kier molecular flexibility index (Phi) is 5.64. The molecule has 0 atom stereocenters. The molecule has 0 heterocycles. The molecule has 0 saturated heterocycles. The number of hydrogen-bond acceptors (Lipinski definition) is 4.